The third-order valence-electron chi connectivity index (χ3n) is 5.88. The minimum absolute atomic E-state index is 0.0497. The first-order valence-electron chi connectivity index (χ1n) is 12.9. The molecule has 228 valence electrons. The van der Waals surface area contributed by atoms with Crippen molar-refractivity contribution < 1.29 is 28.0 Å². The maximum absolute atomic E-state index is 13.6. The molecule has 0 bridgehead atoms. The quantitative estimate of drug-likeness (QED) is 0.0603. The second-order valence-corrected chi connectivity index (χ2v) is 11.6. The number of hydrogen-bond donors (Lipinski definition) is 4. The number of carbonyl (C=O) groups excluding carboxylic acids is 2. The van der Waals surface area contributed by atoms with E-state index in [9.17, 15) is 18.4 Å². The monoisotopic (exact) mass is 824 g/mol. The highest BCUT2D eigenvalue weighted by Crippen LogP contribution is 2.27. The Kier molecular flexibility index (Phi) is 13.3. The molecule has 4 rings (SSSR count). The molecule has 0 radical (unpaired) electrons. The van der Waals surface area contributed by atoms with Gasteiger partial charge in [0, 0.05) is 18.5 Å². The smallest absolute Gasteiger partial charge is 0.276 e. The van der Waals surface area contributed by atoms with Crippen molar-refractivity contribution >= 4 is 79.7 Å². The van der Waals surface area contributed by atoms with Crippen molar-refractivity contribution in [2.75, 3.05) is 24.4 Å². The van der Waals surface area contributed by atoms with E-state index in [-0.39, 0.29) is 12.2 Å². The summed E-state index contributed by atoms with van der Waals surface area (Å²) in [4.78, 5) is 33.4. The molecule has 0 fully saturated rings. The number of terminal acetylenes is 1. The zero-order valence-corrected chi connectivity index (χ0v) is 28.2. The lowest BCUT2D eigenvalue weighted by molar-refractivity contribution is 0.0439. The van der Waals surface area contributed by atoms with Gasteiger partial charge in [-0.05, 0) is 143 Å². The van der Waals surface area contributed by atoms with Crippen LogP contribution in [0.4, 0.5) is 31.5 Å². The summed E-state index contributed by atoms with van der Waals surface area (Å²) >= 11 is 4.43. The molecule has 4 N–H and O–H groups in total. The predicted octanol–water partition coefficient (Wildman–Crippen LogP) is 7.55. The van der Waals surface area contributed by atoms with Crippen LogP contribution in [0, 0.1) is 45.0 Å². The summed E-state index contributed by atoms with van der Waals surface area (Å²) in [5.41, 5.74) is 9.32. The number of hydroxylamine groups is 2. The van der Waals surface area contributed by atoms with Crippen LogP contribution in [0.5, 0.6) is 0 Å². The molecule has 0 aliphatic rings. The molecule has 2 amide bonds. The van der Waals surface area contributed by atoms with E-state index in [0.29, 0.717) is 16.9 Å². The molecule has 0 aliphatic carbocycles. The Morgan fingerprint density at radius 2 is 1.18 bits per heavy atom. The summed E-state index contributed by atoms with van der Waals surface area (Å²) in [6.45, 7) is 3.82. The van der Waals surface area contributed by atoms with E-state index in [2.05, 4.69) is 77.5 Å². The van der Waals surface area contributed by atoms with Gasteiger partial charge in [-0.3, -0.25) is 19.3 Å². The van der Waals surface area contributed by atoms with Crippen LogP contribution in [0.2, 0.25) is 0 Å². The van der Waals surface area contributed by atoms with Crippen LogP contribution in [0.3, 0.4) is 0 Å². The van der Waals surface area contributed by atoms with Crippen LogP contribution < -0.4 is 21.6 Å². The SMILES string of the molecule is C#CCONC(=O)c1ccc(F)cc1Nc1ccc(I)cc1C.CONC(=O)c1ccc(F)cc1Nc1ccc(I)cc1C. The number of rotatable bonds is 9. The Morgan fingerprint density at radius 1 is 0.727 bits per heavy atom. The van der Waals surface area contributed by atoms with Gasteiger partial charge in [-0.2, -0.15) is 0 Å². The summed E-state index contributed by atoms with van der Waals surface area (Å²) in [5.74, 6) is 0.419. The largest absolute Gasteiger partial charge is 0.355 e. The van der Waals surface area contributed by atoms with Crippen molar-refractivity contribution in [3.05, 3.63) is 114 Å². The summed E-state index contributed by atoms with van der Waals surface area (Å²) in [5, 5.41) is 6.17. The molecule has 0 spiro atoms. The number of halogens is 4. The van der Waals surface area contributed by atoms with Crippen LogP contribution >= 0.6 is 45.2 Å². The average Bonchev–Trinajstić information content (AvgIpc) is 2.97. The highest BCUT2D eigenvalue weighted by atomic mass is 127. The van der Waals surface area contributed by atoms with Gasteiger partial charge in [-0.15, -0.1) is 6.42 Å². The zero-order chi connectivity index (χ0) is 32.2. The Hall–Kier alpha value is -3.78. The van der Waals surface area contributed by atoms with E-state index >= 15 is 0 Å². The lowest BCUT2D eigenvalue weighted by Gasteiger charge is -2.14. The lowest BCUT2D eigenvalue weighted by atomic mass is 10.1. The van der Waals surface area contributed by atoms with Gasteiger partial charge >= 0.3 is 0 Å². The minimum atomic E-state index is -0.508. The third-order valence-corrected chi connectivity index (χ3v) is 7.23. The molecule has 0 saturated carbocycles. The molecular formula is C32H28F2I2N4O4. The Bertz CT molecular complexity index is 1700. The second kappa shape index (κ2) is 16.9. The van der Waals surface area contributed by atoms with Crippen molar-refractivity contribution in [3.63, 3.8) is 0 Å². The Balaban J connectivity index is 0.000000241. The van der Waals surface area contributed by atoms with Gasteiger partial charge in [0.2, 0.25) is 0 Å². The number of amides is 2. The van der Waals surface area contributed by atoms with E-state index in [0.717, 1.165) is 29.6 Å². The summed E-state index contributed by atoms with van der Waals surface area (Å²) in [6, 6.07) is 19.4. The molecule has 0 atom stereocenters. The molecule has 8 nitrogen and oxygen atoms in total. The number of anilines is 4. The van der Waals surface area contributed by atoms with Crippen molar-refractivity contribution in [1.82, 2.24) is 11.0 Å². The fourth-order valence-corrected chi connectivity index (χ4v) is 5.10. The fraction of sp³-hybridized carbons (Fsp3) is 0.125. The van der Waals surface area contributed by atoms with Crippen LogP contribution in [0.25, 0.3) is 0 Å². The van der Waals surface area contributed by atoms with Gasteiger partial charge < -0.3 is 10.6 Å². The molecule has 0 aromatic heterocycles. The van der Waals surface area contributed by atoms with Gasteiger partial charge in [0.25, 0.3) is 11.8 Å². The first-order valence-corrected chi connectivity index (χ1v) is 15.0. The Labute approximate surface area is 281 Å². The minimum Gasteiger partial charge on any atom is -0.355 e. The number of hydrogen-bond acceptors (Lipinski definition) is 6. The average molecular weight is 824 g/mol. The maximum Gasteiger partial charge on any atom is 0.276 e. The van der Waals surface area contributed by atoms with E-state index in [4.69, 9.17) is 11.3 Å². The second-order valence-electron chi connectivity index (χ2n) is 9.11. The summed E-state index contributed by atoms with van der Waals surface area (Å²) < 4.78 is 29.2. The maximum atomic E-state index is 13.6. The lowest BCUT2D eigenvalue weighted by Crippen LogP contribution is -2.24. The number of nitrogens with one attached hydrogen (secondary N) is 4. The molecule has 0 saturated heterocycles. The van der Waals surface area contributed by atoms with E-state index in [1.165, 1.54) is 43.5 Å². The van der Waals surface area contributed by atoms with E-state index in [1.807, 2.05) is 50.2 Å². The van der Waals surface area contributed by atoms with E-state index in [1.54, 1.807) is 0 Å². The van der Waals surface area contributed by atoms with Gasteiger partial charge in [0.05, 0.1) is 29.6 Å². The molecule has 4 aromatic carbocycles. The van der Waals surface area contributed by atoms with Crippen molar-refractivity contribution in [2.24, 2.45) is 0 Å². The van der Waals surface area contributed by atoms with E-state index < -0.39 is 23.4 Å². The first kappa shape index (κ1) is 34.7. The number of aryl methyl sites for hydroxylation is 2. The van der Waals surface area contributed by atoms with Gasteiger partial charge in [-0.25, -0.2) is 19.7 Å². The normalized spacial score (nSPS) is 10.1. The van der Waals surface area contributed by atoms with Crippen molar-refractivity contribution in [1.29, 1.82) is 0 Å². The molecule has 44 heavy (non-hydrogen) atoms. The topological polar surface area (TPSA) is 101 Å². The van der Waals surface area contributed by atoms with Crippen molar-refractivity contribution in [2.45, 2.75) is 13.8 Å². The van der Waals surface area contributed by atoms with Crippen LogP contribution in [0.15, 0.2) is 72.8 Å². The highest BCUT2D eigenvalue weighted by Gasteiger charge is 2.15. The summed E-state index contributed by atoms with van der Waals surface area (Å²) in [7, 11) is 1.35. The van der Waals surface area contributed by atoms with Gasteiger partial charge in [0.15, 0.2) is 0 Å². The standard InChI is InChI=1S/C17H14FIN2O2.C15H14FIN2O2/c1-3-8-23-21-17(22)14-6-4-12(18)10-16(14)20-15-7-5-13(19)9-11(15)2;1-9-7-11(17)4-6-13(9)18-14-8-10(16)3-5-12(14)15(20)19-21-2/h1,4-7,9-10,20H,8H2,2H3,(H,21,22);3-8,18H,1-2H3,(H,19,20). The molecular weight excluding hydrogens is 796 g/mol. The molecule has 4 aromatic rings. The summed E-state index contributed by atoms with van der Waals surface area (Å²) in [6.07, 6.45) is 5.05. The van der Waals surface area contributed by atoms with Crippen LogP contribution in [-0.2, 0) is 9.68 Å². The molecule has 0 heterocycles. The van der Waals surface area contributed by atoms with Gasteiger partial charge in [-0.1, -0.05) is 5.92 Å². The molecule has 0 unspecified atom stereocenters. The Morgan fingerprint density at radius 3 is 1.59 bits per heavy atom. The molecule has 0 aliphatic heterocycles. The zero-order valence-electron chi connectivity index (χ0n) is 23.9. The first-order chi connectivity index (χ1) is 21.0. The van der Waals surface area contributed by atoms with Gasteiger partial charge in [0.1, 0.15) is 18.2 Å². The number of benzene rings is 4. The fourth-order valence-electron chi connectivity index (χ4n) is 3.81. The van der Waals surface area contributed by atoms with Crippen molar-refractivity contribution in [3.8, 4) is 12.3 Å². The number of carbonyl (C=O) groups is 2. The molecule has 12 heteroatoms. The van der Waals surface area contributed by atoms with Crippen LogP contribution in [0.1, 0.15) is 31.8 Å². The predicted molar refractivity (Wildman–Crippen MR) is 184 cm³/mol. The third kappa shape index (κ3) is 10.2. The van der Waals surface area contributed by atoms with Crippen LogP contribution in [-0.4, -0.2) is 25.5 Å². The highest BCUT2D eigenvalue weighted by molar-refractivity contribution is 14.1.